The zero-order valence-electron chi connectivity index (χ0n) is 21.8. The van der Waals surface area contributed by atoms with Crippen LogP contribution < -0.4 is 20.3 Å². The second-order valence-corrected chi connectivity index (χ2v) is 11.4. The Bertz CT molecular complexity index is 919. The van der Waals surface area contributed by atoms with Gasteiger partial charge in [0.15, 0.2) is 0 Å². The van der Waals surface area contributed by atoms with Crippen molar-refractivity contribution in [2.75, 3.05) is 53.1 Å². The third-order valence-corrected chi connectivity index (χ3v) is 9.00. The molecule has 0 spiro atoms. The molecule has 4 fully saturated rings. The molecule has 3 N–H and O–H groups in total. The summed E-state index contributed by atoms with van der Waals surface area (Å²) in [6.07, 6.45) is 3.38. The summed E-state index contributed by atoms with van der Waals surface area (Å²) in [5, 5.41) is 9.38. The molecule has 0 amide bonds. The van der Waals surface area contributed by atoms with Crippen LogP contribution >= 0.6 is 0 Å². The van der Waals surface area contributed by atoms with Gasteiger partial charge >= 0.3 is 0 Å². The van der Waals surface area contributed by atoms with Gasteiger partial charge in [-0.15, -0.1) is 0 Å². The van der Waals surface area contributed by atoms with Gasteiger partial charge in [-0.3, -0.25) is 25.0 Å². The van der Waals surface area contributed by atoms with Crippen LogP contribution in [0.2, 0.25) is 0 Å². The van der Waals surface area contributed by atoms with Crippen molar-refractivity contribution in [3.05, 3.63) is 23.8 Å². The van der Waals surface area contributed by atoms with Crippen LogP contribution in [0.15, 0.2) is 18.2 Å². The monoisotopic (exact) mass is 526 g/mol. The first-order valence-electron chi connectivity index (χ1n) is 13.7. The molecule has 7 nitrogen and oxygen atoms in total. The van der Waals surface area contributed by atoms with E-state index >= 15 is 0 Å². The summed E-state index contributed by atoms with van der Waals surface area (Å²) in [5.41, 5.74) is 7.64. The first kappa shape index (κ1) is 27.0. The van der Waals surface area contributed by atoms with Gasteiger partial charge in [0.05, 0.1) is 20.3 Å². The van der Waals surface area contributed by atoms with E-state index in [9.17, 15) is 18.3 Å². The molecule has 0 bridgehead atoms. The molecule has 6 atom stereocenters. The quantitative estimate of drug-likeness (QED) is 0.433. The fraction of sp³-hybridized carbons (Fsp3) is 0.778. The fourth-order valence-corrected chi connectivity index (χ4v) is 7.23. The van der Waals surface area contributed by atoms with Gasteiger partial charge < -0.3 is 14.6 Å². The SMILES string of the molecule is COc1cc(OC2CN(CCCF)C2)ccc1[C@@H]1C2CCC3NNCC3C2C[C@@H](C)N1CC(F)(F)CO. The fourth-order valence-electron chi connectivity index (χ4n) is 7.23. The van der Waals surface area contributed by atoms with Gasteiger partial charge in [-0.05, 0) is 56.4 Å². The van der Waals surface area contributed by atoms with Gasteiger partial charge in [0.25, 0.3) is 5.92 Å². The van der Waals surface area contributed by atoms with Crippen LogP contribution in [0.4, 0.5) is 13.2 Å². The van der Waals surface area contributed by atoms with E-state index in [-0.39, 0.29) is 30.8 Å². The maximum atomic E-state index is 14.6. The molecule has 0 radical (unpaired) electrons. The van der Waals surface area contributed by atoms with Crippen molar-refractivity contribution < 1.29 is 27.8 Å². The summed E-state index contributed by atoms with van der Waals surface area (Å²) < 4.78 is 53.6. The van der Waals surface area contributed by atoms with Crippen molar-refractivity contribution in [1.82, 2.24) is 20.7 Å². The normalized spacial score (nSPS) is 33.0. The van der Waals surface area contributed by atoms with E-state index in [0.717, 1.165) is 51.0 Å². The van der Waals surface area contributed by atoms with E-state index in [4.69, 9.17) is 9.47 Å². The highest BCUT2D eigenvalue weighted by Gasteiger charge is 2.52. The van der Waals surface area contributed by atoms with Crippen LogP contribution in [0.25, 0.3) is 0 Å². The summed E-state index contributed by atoms with van der Waals surface area (Å²) >= 11 is 0. The number of piperidine rings is 1. The average Bonchev–Trinajstić information content (AvgIpc) is 3.35. The molecule has 10 heteroatoms. The lowest BCUT2D eigenvalue weighted by molar-refractivity contribution is -0.119. The van der Waals surface area contributed by atoms with Crippen molar-refractivity contribution in [1.29, 1.82) is 0 Å². The van der Waals surface area contributed by atoms with Gasteiger partial charge in [-0.1, -0.05) is 6.07 Å². The highest BCUT2D eigenvalue weighted by Crippen LogP contribution is 2.53. The molecule has 1 aliphatic carbocycles. The maximum absolute atomic E-state index is 14.6. The Labute approximate surface area is 217 Å². The van der Waals surface area contributed by atoms with E-state index in [2.05, 4.69) is 15.8 Å². The molecule has 3 saturated heterocycles. The first-order valence-corrected chi connectivity index (χ1v) is 13.7. The number of hydrazine groups is 1. The Kier molecular flexibility index (Phi) is 8.21. The second-order valence-electron chi connectivity index (χ2n) is 11.4. The number of nitrogens with zero attached hydrogens (tertiary/aromatic N) is 2. The van der Waals surface area contributed by atoms with Crippen molar-refractivity contribution >= 4 is 0 Å². The number of alkyl halides is 3. The molecule has 1 aromatic rings. The Morgan fingerprint density at radius 2 is 1.97 bits per heavy atom. The number of halogens is 3. The third-order valence-electron chi connectivity index (χ3n) is 9.00. The standard InChI is InChI=1S/C27H41F3N4O3/c1-17-10-22-20(6-7-24-23(22)12-31-32-24)26(34(17)15-27(29,30)16-35)21-5-4-18(11-25(21)36-2)37-19-13-33(14-19)9-3-8-28/h4-5,11,17,19-20,22-24,26,31-32,35H,3,6-10,12-16H2,1-2H3/t17-,20?,22?,23?,24?,26+/m1/s1. The number of rotatable bonds is 10. The lowest BCUT2D eigenvalue weighted by Crippen LogP contribution is -2.56. The highest BCUT2D eigenvalue weighted by atomic mass is 19.3. The second kappa shape index (κ2) is 11.3. The minimum Gasteiger partial charge on any atom is -0.496 e. The number of fused-ring (bicyclic) bond motifs is 3. The van der Waals surface area contributed by atoms with Crippen molar-refractivity contribution in [3.8, 4) is 11.5 Å². The zero-order chi connectivity index (χ0) is 26.2. The molecule has 37 heavy (non-hydrogen) atoms. The number of ether oxygens (including phenoxy) is 2. The molecule has 208 valence electrons. The number of hydrogen-bond acceptors (Lipinski definition) is 7. The van der Waals surface area contributed by atoms with Gasteiger partial charge in [0.1, 0.15) is 24.2 Å². The lowest BCUT2D eigenvalue weighted by Gasteiger charge is -2.54. The molecule has 5 rings (SSSR count). The van der Waals surface area contributed by atoms with Crippen LogP contribution in [0.5, 0.6) is 11.5 Å². The summed E-state index contributed by atoms with van der Waals surface area (Å²) in [6, 6.07) is 5.90. The number of benzene rings is 1. The van der Waals surface area contributed by atoms with Gasteiger partial charge in [0.2, 0.25) is 0 Å². The molecular weight excluding hydrogens is 485 g/mol. The summed E-state index contributed by atoms with van der Waals surface area (Å²) in [5.74, 6) is -0.753. The average molecular weight is 527 g/mol. The minimum absolute atomic E-state index is 0.0478. The highest BCUT2D eigenvalue weighted by molar-refractivity contribution is 5.43. The molecule has 0 aromatic heterocycles. The lowest BCUT2D eigenvalue weighted by atomic mass is 9.61. The minimum atomic E-state index is -3.18. The predicted octanol–water partition coefficient (Wildman–Crippen LogP) is 3.00. The number of hydrogen-bond donors (Lipinski definition) is 3. The zero-order valence-corrected chi connectivity index (χ0v) is 21.8. The predicted molar refractivity (Wildman–Crippen MR) is 135 cm³/mol. The van der Waals surface area contributed by atoms with Crippen LogP contribution in [0, 0.1) is 17.8 Å². The van der Waals surface area contributed by atoms with E-state index < -0.39 is 19.1 Å². The molecule has 4 unspecified atom stereocenters. The number of methoxy groups -OCH3 is 1. The van der Waals surface area contributed by atoms with Gasteiger partial charge in [-0.25, -0.2) is 8.78 Å². The molecule has 3 aliphatic heterocycles. The molecule has 1 saturated carbocycles. The Morgan fingerprint density at radius 1 is 1.16 bits per heavy atom. The number of aliphatic hydroxyl groups excluding tert-OH is 1. The Hall–Kier alpha value is -1.59. The Morgan fingerprint density at radius 3 is 2.70 bits per heavy atom. The van der Waals surface area contributed by atoms with E-state index in [1.54, 1.807) is 7.11 Å². The van der Waals surface area contributed by atoms with Crippen molar-refractivity contribution in [2.45, 2.75) is 62.8 Å². The van der Waals surface area contributed by atoms with Crippen LogP contribution in [-0.4, -0.2) is 92.1 Å². The van der Waals surface area contributed by atoms with Crippen LogP contribution in [0.3, 0.4) is 0 Å². The van der Waals surface area contributed by atoms with E-state index in [0.29, 0.717) is 35.8 Å². The van der Waals surface area contributed by atoms with Crippen molar-refractivity contribution in [3.63, 3.8) is 0 Å². The number of aliphatic hydroxyl groups is 1. The molecule has 3 heterocycles. The molecular formula is C27H41F3N4O3. The van der Waals surface area contributed by atoms with Crippen LogP contribution in [-0.2, 0) is 0 Å². The van der Waals surface area contributed by atoms with E-state index in [1.165, 1.54) is 0 Å². The molecule has 1 aromatic carbocycles. The molecule has 4 aliphatic rings. The summed E-state index contributed by atoms with van der Waals surface area (Å²) in [7, 11) is 1.61. The van der Waals surface area contributed by atoms with Crippen molar-refractivity contribution in [2.24, 2.45) is 17.8 Å². The van der Waals surface area contributed by atoms with Gasteiger partial charge in [-0.2, -0.15) is 0 Å². The summed E-state index contributed by atoms with van der Waals surface area (Å²) in [4.78, 5) is 4.07. The first-order chi connectivity index (χ1) is 17.8. The summed E-state index contributed by atoms with van der Waals surface area (Å²) in [6.45, 7) is 3.24. The van der Waals surface area contributed by atoms with E-state index in [1.807, 2.05) is 30.0 Å². The smallest absolute Gasteiger partial charge is 0.283 e. The Balaban J connectivity index is 1.40. The van der Waals surface area contributed by atoms with Gasteiger partial charge in [0, 0.05) is 55.9 Å². The van der Waals surface area contributed by atoms with Crippen LogP contribution in [0.1, 0.15) is 44.2 Å². The maximum Gasteiger partial charge on any atom is 0.283 e. The number of nitrogens with one attached hydrogen (secondary N) is 2. The number of likely N-dealkylation sites (tertiary alicyclic amines) is 2. The third kappa shape index (κ3) is 5.59. The largest absolute Gasteiger partial charge is 0.496 e. The topological polar surface area (TPSA) is 69.2 Å².